The second-order valence-electron chi connectivity index (χ2n) is 3.10. The molecule has 1 aliphatic heterocycles. The number of phenolic OH excluding ortho intramolecular Hbond substituents is 2. The highest BCUT2D eigenvalue weighted by Crippen LogP contribution is 2.30. The van der Waals surface area contributed by atoms with E-state index >= 15 is 0 Å². The zero-order valence-corrected chi connectivity index (χ0v) is 6.62. The lowest BCUT2D eigenvalue weighted by Crippen LogP contribution is -2.39. The van der Waals surface area contributed by atoms with Crippen molar-refractivity contribution in [3.63, 3.8) is 0 Å². The number of hydrogen-bond donors (Lipinski definition) is 3. The van der Waals surface area contributed by atoms with Crippen molar-refractivity contribution in [2.45, 2.75) is 5.92 Å². The van der Waals surface area contributed by atoms with Crippen LogP contribution in [0.15, 0.2) is 18.2 Å². The van der Waals surface area contributed by atoms with Gasteiger partial charge in [0.2, 0.25) is 0 Å². The quantitative estimate of drug-likeness (QED) is 0.539. The van der Waals surface area contributed by atoms with Crippen LogP contribution in [0.1, 0.15) is 11.5 Å². The highest BCUT2D eigenvalue weighted by Gasteiger charge is 2.21. The van der Waals surface area contributed by atoms with Crippen molar-refractivity contribution in [2.75, 3.05) is 13.1 Å². The van der Waals surface area contributed by atoms with Crippen molar-refractivity contribution >= 4 is 0 Å². The standard InChI is InChI=1S/C9H11NO2/c11-7-1-2-9(12)8(3-7)6-4-10-5-6/h1-3,6,10-12H,4-5H2. The molecule has 1 heterocycles. The van der Waals surface area contributed by atoms with Gasteiger partial charge in [-0.05, 0) is 18.2 Å². The number of hydrogen-bond acceptors (Lipinski definition) is 3. The van der Waals surface area contributed by atoms with Crippen LogP contribution in [0, 0.1) is 0 Å². The fourth-order valence-corrected chi connectivity index (χ4v) is 1.38. The summed E-state index contributed by atoms with van der Waals surface area (Å²) >= 11 is 0. The van der Waals surface area contributed by atoms with Gasteiger partial charge in [-0.25, -0.2) is 0 Å². The maximum absolute atomic E-state index is 9.43. The Balaban J connectivity index is 2.34. The minimum absolute atomic E-state index is 0.217. The first kappa shape index (κ1) is 7.43. The zero-order chi connectivity index (χ0) is 8.55. The van der Waals surface area contributed by atoms with Gasteiger partial charge >= 0.3 is 0 Å². The molecule has 1 fully saturated rings. The summed E-state index contributed by atoms with van der Waals surface area (Å²) in [5, 5.41) is 21.7. The third kappa shape index (κ3) is 1.12. The molecule has 3 N–H and O–H groups in total. The van der Waals surface area contributed by atoms with E-state index in [1.54, 1.807) is 6.07 Å². The first-order valence-electron chi connectivity index (χ1n) is 4.00. The SMILES string of the molecule is Oc1ccc(O)c(C2CNC2)c1. The van der Waals surface area contributed by atoms with Crippen molar-refractivity contribution in [3.8, 4) is 11.5 Å². The largest absolute Gasteiger partial charge is 0.508 e. The predicted molar refractivity (Wildman–Crippen MR) is 45.4 cm³/mol. The van der Waals surface area contributed by atoms with Gasteiger partial charge in [0.25, 0.3) is 0 Å². The minimum Gasteiger partial charge on any atom is -0.508 e. The van der Waals surface area contributed by atoms with Crippen molar-refractivity contribution in [2.24, 2.45) is 0 Å². The summed E-state index contributed by atoms with van der Waals surface area (Å²) in [5.41, 5.74) is 0.841. The van der Waals surface area contributed by atoms with Gasteiger partial charge in [0.05, 0.1) is 0 Å². The molecule has 2 rings (SSSR count). The van der Waals surface area contributed by atoms with Crippen LogP contribution in [0.5, 0.6) is 11.5 Å². The second kappa shape index (κ2) is 2.68. The van der Waals surface area contributed by atoms with Crippen LogP contribution in [-0.2, 0) is 0 Å². The average Bonchev–Trinajstić information content (AvgIpc) is 1.93. The molecule has 0 unspecified atom stereocenters. The number of nitrogens with one attached hydrogen (secondary N) is 1. The normalized spacial score (nSPS) is 17.3. The van der Waals surface area contributed by atoms with Crippen LogP contribution in [0.3, 0.4) is 0 Å². The fourth-order valence-electron chi connectivity index (χ4n) is 1.38. The highest BCUT2D eigenvalue weighted by atomic mass is 16.3. The molecule has 1 aromatic carbocycles. The monoisotopic (exact) mass is 165 g/mol. The van der Waals surface area contributed by atoms with E-state index < -0.39 is 0 Å². The van der Waals surface area contributed by atoms with Gasteiger partial charge in [0.1, 0.15) is 11.5 Å². The molecule has 0 aromatic heterocycles. The molecule has 0 aliphatic carbocycles. The summed E-state index contributed by atoms with van der Waals surface area (Å²) in [6.07, 6.45) is 0. The van der Waals surface area contributed by atoms with Gasteiger partial charge < -0.3 is 15.5 Å². The Bertz CT molecular complexity index is 295. The van der Waals surface area contributed by atoms with Gasteiger partial charge in [-0.3, -0.25) is 0 Å². The second-order valence-corrected chi connectivity index (χ2v) is 3.10. The van der Waals surface area contributed by atoms with Crippen LogP contribution in [0.25, 0.3) is 0 Å². The molecule has 3 nitrogen and oxygen atoms in total. The molecular formula is C9H11NO2. The third-order valence-electron chi connectivity index (χ3n) is 2.23. The summed E-state index contributed by atoms with van der Waals surface area (Å²) in [5.74, 6) is 0.853. The maximum Gasteiger partial charge on any atom is 0.119 e. The first-order chi connectivity index (χ1) is 5.77. The van der Waals surface area contributed by atoms with E-state index in [4.69, 9.17) is 0 Å². The summed E-state index contributed by atoms with van der Waals surface area (Å²) in [7, 11) is 0. The molecule has 1 saturated heterocycles. The fraction of sp³-hybridized carbons (Fsp3) is 0.333. The third-order valence-corrected chi connectivity index (χ3v) is 2.23. The zero-order valence-electron chi connectivity index (χ0n) is 6.62. The molecule has 3 heteroatoms. The lowest BCUT2D eigenvalue weighted by molar-refractivity contribution is 0.407. The lowest BCUT2D eigenvalue weighted by Gasteiger charge is -2.27. The smallest absolute Gasteiger partial charge is 0.119 e. The van der Waals surface area contributed by atoms with Crippen LogP contribution in [-0.4, -0.2) is 23.3 Å². The minimum atomic E-state index is 0.217. The molecule has 0 amide bonds. The predicted octanol–water partition coefficient (Wildman–Crippen LogP) is 0.785. The van der Waals surface area contributed by atoms with E-state index in [0.717, 1.165) is 18.7 Å². The Morgan fingerprint density at radius 2 is 2.00 bits per heavy atom. The van der Waals surface area contributed by atoms with Crippen molar-refractivity contribution in [1.29, 1.82) is 0 Å². The topological polar surface area (TPSA) is 52.5 Å². The Morgan fingerprint density at radius 3 is 2.58 bits per heavy atom. The van der Waals surface area contributed by atoms with Crippen LogP contribution in [0.4, 0.5) is 0 Å². The summed E-state index contributed by atoms with van der Waals surface area (Å²) in [4.78, 5) is 0. The number of aromatic hydroxyl groups is 2. The molecule has 64 valence electrons. The van der Waals surface area contributed by atoms with Crippen LogP contribution < -0.4 is 5.32 Å². The van der Waals surface area contributed by atoms with Gasteiger partial charge in [-0.2, -0.15) is 0 Å². The maximum atomic E-state index is 9.43. The lowest BCUT2D eigenvalue weighted by atomic mass is 9.93. The van der Waals surface area contributed by atoms with Crippen LogP contribution in [0.2, 0.25) is 0 Å². The average molecular weight is 165 g/mol. The molecule has 0 saturated carbocycles. The van der Waals surface area contributed by atoms with Crippen molar-refractivity contribution in [1.82, 2.24) is 5.32 Å². The van der Waals surface area contributed by atoms with Gasteiger partial charge in [0, 0.05) is 24.6 Å². The van der Waals surface area contributed by atoms with E-state index in [2.05, 4.69) is 5.32 Å². The summed E-state index contributed by atoms with van der Waals surface area (Å²) in [6, 6.07) is 4.65. The Hall–Kier alpha value is -1.22. The van der Waals surface area contributed by atoms with Crippen molar-refractivity contribution < 1.29 is 10.2 Å². The number of benzene rings is 1. The van der Waals surface area contributed by atoms with Gasteiger partial charge in [-0.1, -0.05) is 0 Å². The molecule has 0 bridgehead atoms. The van der Waals surface area contributed by atoms with Gasteiger partial charge in [-0.15, -0.1) is 0 Å². The number of phenols is 2. The van der Waals surface area contributed by atoms with Gasteiger partial charge in [0.15, 0.2) is 0 Å². The molecule has 0 radical (unpaired) electrons. The van der Waals surface area contributed by atoms with Crippen LogP contribution >= 0.6 is 0 Å². The Labute approximate surface area is 70.7 Å². The van der Waals surface area contributed by atoms with E-state index in [0.29, 0.717) is 5.92 Å². The molecule has 1 aromatic rings. The molecule has 1 aliphatic rings. The van der Waals surface area contributed by atoms with E-state index in [1.807, 2.05) is 0 Å². The summed E-state index contributed by atoms with van der Waals surface area (Å²) in [6.45, 7) is 1.77. The van der Waals surface area contributed by atoms with E-state index in [1.165, 1.54) is 12.1 Å². The Morgan fingerprint density at radius 1 is 1.25 bits per heavy atom. The highest BCUT2D eigenvalue weighted by molar-refractivity contribution is 5.42. The molecule has 12 heavy (non-hydrogen) atoms. The Kier molecular flexibility index (Phi) is 1.66. The molecule has 0 spiro atoms. The first-order valence-corrected chi connectivity index (χ1v) is 4.00. The van der Waals surface area contributed by atoms with E-state index in [9.17, 15) is 10.2 Å². The van der Waals surface area contributed by atoms with Crippen molar-refractivity contribution in [3.05, 3.63) is 23.8 Å². The molecule has 0 atom stereocenters. The summed E-state index contributed by atoms with van der Waals surface area (Å²) < 4.78 is 0. The molecular weight excluding hydrogens is 154 g/mol. The number of rotatable bonds is 1. The van der Waals surface area contributed by atoms with E-state index in [-0.39, 0.29) is 11.5 Å².